The van der Waals surface area contributed by atoms with E-state index in [1.807, 2.05) is 35.7 Å². The summed E-state index contributed by atoms with van der Waals surface area (Å²) in [6, 6.07) is 7.36. The van der Waals surface area contributed by atoms with Gasteiger partial charge in [-0.2, -0.15) is 0 Å². The van der Waals surface area contributed by atoms with Crippen LogP contribution in [0.25, 0.3) is 0 Å². The molecule has 0 radical (unpaired) electrons. The fourth-order valence-corrected chi connectivity index (χ4v) is 4.40. The van der Waals surface area contributed by atoms with Crippen LogP contribution in [0.1, 0.15) is 114 Å². The molecular weight excluding hydrogens is 414 g/mol. The third-order valence-electron chi connectivity index (χ3n) is 5.80. The van der Waals surface area contributed by atoms with Crippen molar-refractivity contribution in [2.24, 2.45) is 0 Å². The maximum atomic E-state index is 12.5. The van der Waals surface area contributed by atoms with Crippen molar-refractivity contribution in [2.75, 3.05) is 12.4 Å². The summed E-state index contributed by atoms with van der Waals surface area (Å²) in [5.74, 6) is 0.943. The van der Waals surface area contributed by atoms with E-state index in [-0.39, 0.29) is 24.0 Å². The number of amides is 1. The van der Waals surface area contributed by atoms with Crippen LogP contribution in [0.5, 0.6) is 0 Å². The molecule has 182 valence electrons. The molecule has 0 aliphatic rings. The van der Waals surface area contributed by atoms with Crippen molar-refractivity contribution in [3.05, 3.63) is 46.9 Å². The van der Waals surface area contributed by atoms with E-state index in [1.54, 1.807) is 11.8 Å². The lowest BCUT2D eigenvalue weighted by Gasteiger charge is -2.19. The summed E-state index contributed by atoms with van der Waals surface area (Å²) in [7, 11) is 0. The van der Waals surface area contributed by atoms with Gasteiger partial charge in [0.1, 0.15) is 0 Å². The number of unbranched alkanes of at least 4 members (excludes halogenated alkanes) is 10. The zero-order chi connectivity index (χ0) is 23.7. The van der Waals surface area contributed by atoms with Gasteiger partial charge in [0.2, 0.25) is 0 Å². The summed E-state index contributed by atoms with van der Waals surface area (Å²) in [5, 5.41) is 14.5. The molecule has 1 aromatic rings. The standard InChI is InChI=1S/C28H47NO2S/c1-5-6-7-8-9-10-11-12-13-14-15-21-32-22-20-26(23-30)29-27(31)24-16-18-25(19-17-24)28(2,3)4/h16-20,22,26,30H,5-15,21,23H2,1-4H3,(H,29,31)/b22-20+. The van der Waals surface area contributed by atoms with Gasteiger partial charge in [-0.3, -0.25) is 4.79 Å². The normalized spacial score (nSPS) is 12.9. The molecule has 0 aliphatic carbocycles. The van der Waals surface area contributed by atoms with E-state index in [4.69, 9.17) is 0 Å². The Balaban J connectivity index is 2.14. The lowest BCUT2D eigenvalue weighted by Crippen LogP contribution is -2.36. The van der Waals surface area contributed by atoms with Crippen molar-refractivity contribution < 1.29 is 9.90 Å². The van der Waals surface area contributed by atoms with Crippen molar-refractivity contribution in [3.63, 3.8) is 0 Å². The quantitative estimate of drug-likeness (QED) is 0.234. The Labute approximate surface area is 201 Å². The van der Waals surface area contributed by atoms with Crippen molar-refractivity contribution in [1.82, 2.24) is 5.32 Å². The smallest absolute Gasteiger partial charge is 0.251 e. The summed E-state index contributed by atoms with van der Waals surface area (Å²) in [5.41, 5.74) is 1.89. The average molecular weight is 462 g/mol. The number of nitrogens with one attached hydrogen (secondary N) is 1. The maximum absolute atomic E-state index is 12.5. The lowest BCUT2D eigenvalue weighted by atomic mass is 9.86. The molecule has 0 fully saturated rings. The summed E-state index contributed by atoms with van der Waals surface area (Å²) < 4.78 is 0. The highest BCUT2D eigenvalue weighted by Crippen LogP contribution is 2.22. The molecule has 2 N–H and O–H groups in total. The SMILES string of the molecule is CCCCCCCCCCCCCS/C=C/C(CO)NC(=O)c1ccc(C(C)(C)C)cc1. The number of hydrogen-bond acceptors (Lipinski definition) is 3. The highest BCUT2D eigenvalue weighted by molar-refractivity contribution is 8.02. The molecule has 0 aromatic heterocycles. The van der Waals surface area contributed by atoms with E-state index in [0.717, 1.165) is 5.75 Å². The largest absolute Gasteiger partial charge is 0.394 e. The van der Waals surface area contributed by atoms with E-state index in [0.29, 0.717) is 5.56 Å². The Hall–Kier alpha value is -1.26. The second-order valence-corrected chi connectivity index (χ2v) is 10.8. The predicted molar refractivity (Wildman–Crippen MR) is 142 cm³/mol. The molecule has 0 spiro atoms. The third kappa shape index (κ3) is 13.3. The molecule has 1 rings (SSSR count). The topological polar surface area (TPSA) is 49.3 Å². The number of benzene rings is 1. The van der Waals surface area contributed by atoms with E-state index >= 15 is 0 Å². The van der Waals surface area contributed by atoms with Crippen LogP contribution in [-0.2, 0) is 5.41 Å². The van der Waals surface area contributed by atoms with Gasteiger partial charge in [0.15, 0.2) is 0 Å². The first-order valence-electron chi connectivity index (χ1n) is 12.7. The van der Waals surface area contributed by atoms with Crippen LogP contribution in [-0.4, -0.2) is 29.4 Å². The van der Waals surface area contributed by atoms with Gasteiger partial charge in [-0.15, -0.1) is 11.8 Å². The number of rotatable bonds is 17. The number of thioether (sulfide) groups is 1. The summed E-state index contributed by atoms with van der Waals surface area (Å²) >= 11 is 1.76. The Bertz CT molecular complexity index is 634. The third-order valence-corrected chi connectivity index (χ3v) is 6.67. The van der Waals surface area contributed by atoms with E-state index in [9.17, 15) is 9.90 Å². The molecule has 1 unspecified atom stereocenters. The molecule has 3 nitrogen and oxygen atoms in total. The fourth-order valence-electron chi connectivity index (χ4n) is 3.60. The van der Waals surface area contributed by atoms with Gasteiger partial charge >= 0.3 is 0 Å². The van der Waals surface area contributed by atoms with Gasteiger partial charge in [-0.1, -0.05) is 110 Å². The molecule has 32 heavy (non-hydrogen) atoms. The lowest BCUT2D eigenvalue weighted by molar-refractivity contribution is 0.0929. The highest BCUT2D eigenvalue weighted by Gasteiger charge is 2.15. The number of carbonyl (C=O) groups excluding carboxylic acids is 1. The van der Waals surface area contributed by atoms with Gasteiger partial charge < -0.3 is 10.4 Å². The molecule has 0 aliphatic heterocycles. The Kier molecular flexibility index (Phi) is 15.5. The molecule has 0 bridgehead atoms. The molecule has 1 atom stereocenters. The van der Waals surface area contributed by atoms with Gasteiger partial charge in [0.25, 0.3) is 5.91 Å². The minimum atomic E-state index is -0.352. The predicted octanol–water partition coefficient (Wildman–Crippen LogP) is 7.63. The van der Waals surface area contributed by atoms with Crippen molar-refractivity contribution >= 4 is 17.7 Å². The van der Waals surface area contributed by atoms with Crippen LogP contribution in [0.3, 0.4) is 0 Å². The van der Waals surface area contributed by atoms with Crippen molar-refractivity contribution in [3.8, 4) is 0 Å². The second kappa shape index (κ2) is 17.2. The Morgan fingerprint density at radius 1 is 0.938 bits per heavy atom. The molecular formula is C28H47NO2S. The van der Waals surface area contributed by atoms with Crippen LogP contribution in [0.2, 0.25) is 0 Å². The summed E-state index contributed by atoms with van der Waals surface area (Å²) in [4.78, 5) is 12.5. The molecule has 0 saturated carbocycles. The van der Waals surface area contributed by atoms with E-state index in [2.05, 4.69) is 33.0 Å². The summed E-state index contributed by atoms with van der Waals surface area (Å²) in [6.45, 7) is 8.64. The Morgan fingerprint density at radius 3 is 1.97 bits per heavy atom. The van der Waals surface area contributed by atoms with Crippen LogP contribution in [0, 0.1) is 0 Å². The van der Waals surface area contributed by atoms with Crippen LogP contribution >= 0.6 is 11.8 Å². The zero-order valence-corrected chi connectivity index (χ0v) is 21.8. The van der Waals surface area contributed by atoms with Crippen molar-refractivity contribution in [1.29, 1.82) is 0 Å². The molecule has 1 amide bonds. The minimum absolute atomic E-state index is 0.0660. The van der Waals surface area contributed by atoms with Gasteiger partial charge in [-0.25, -0.2) is 0 Å². The van der Waals surface area contributed by atoms with Crippen LogP contribution in [0.4, 0.5) is 0 Å². The van der Waals surface area contributed by atoms with E-state index in [1.165, 1.54) is 76.2 Å². The van der Waals surface area contributed by atoms with Crippen LogP contribution < -0.4 is 5.32 Å². The van der Waals surface area contributed by atoms with Gasteiger partial charge in [-0.05, 0) is 40.7 Å². The summed E-state index contributed by atoms with van der Waals surface area (Å²) in [6.07, 6.45) is 16.8. The number of aliphatic hydroxyl groups is 1. The second-order valence-electron chi connectivity index (χ2n) is 9.82. The zero-order valence-electron chi connectivity index (χ0n) is 21.0. The molecule has 0 saturated heterocycles. The molecule has 1 aromatic carbocycles. The van der Waals surface area contributed by atoms with Gasteiger partial charge in [0, 0.05) is 5.56 Å². The molecule has 4 heteroatoms. The highest BCUT2D eigenvalue weighted by atomic mass is 32.2. The first-order valence-corrected chi connectivity index (χ1v) is 13.7. The van der Waals surface area contributed by atoms with E-state index < -0.39 is 0 Å². The number of carbonyl (C=O) groups is 1. The van der Waals surface area contributed by atoms with Crippen molar-refractivity contribution in [2.45, 2.75) is 110 Å². The minimum Gasteiger partial charge on any atom is -0.394 e. The monoisotopic (exact) mass is 461 g/mol. The fraction of sp³-hybridized carbons (Fsp3) is 0.679. The average Bonchev–Trinajstić information content (AvgIpc) is 2.77. The molecule has 0 heterocycles. The Morgan fingerprint density at radius 2 is 1.47 bits per heavy atom. The van der Waals surface area contributed by atoms with Crippen LogP contribution in [0.15, 0.2) is 35.7 Å². The van der Waals surface area contributed by atoms with Gasteiger partial charge in [0.05, 0.1) is 12.6 Å². The number of aliphatic hydroxyl groups excluding tert-OH is 1. The first-order chi connectivity index (χ1) is 15.4. The number of hydrogen-bond donors (Lipinski definition) is 2. The maximum Gasteiger partial charge on any atom is 0.251 e. The first kappa shape index (κ1) is 28.8.